The van der Waals surface area contributed by atoms with Crippen LogP contribution in [0.4, 0.5) is 0 Å². The topological polar surface area (TPSA) is 118 Å². The maximum absolute atomic E-state index is 9.40. The lowest BCUT2D eigenvalue weighted by atomic mass is 9.93. The van der Waals surface area contributed by atoms with Gasteiger partial charge in [0.1, 0.15) is 37.0 Å². The van der Waals surface area contributed by atoms with Gasteiger partial charge in [0.2, 0.25) is 0 Å². The van der Waals surface area contributed by atoms with Crippen LogP contribution in [0.3, 0.4) is 0 Å². The van der Waals surface area contributed by atoms with Crippen molar-refractivity contribution in [2.45, 2.75) is 30.5 Å². The fourth-order valence-electron chi connectivity index (χ4n) is 1.54. The molecule has 1 heterocycles. The smallest absolute Gasteiger partial charge is 0.143 e. The lowest BCUT2D eigenvalue weighted by molar-refractivity contribution is -0.722. The fraction of sp³-hybridized carbons (Fsp3) is 1.00. The van der Waals surface area contributed by atoms with Crippen LogP contribution in [0.15, 0.2) is 0 Å². The Morgan fingerprint density at radius 3 is 2.38 bits per heavy atom. The van der Waals surface area contributed by atoms with Crippen molar-refractivity contribution in [2.75, 3.05) is 13.2 Å². The van der Waals surface area contributed by atoms with Crippen LogP contribution < -0.4 is 5.32 Å². The maximum atomic E-state index is 9.40. The molecule has 1 aliphatic rings. The Labute approximate surface area is 75.4 Å². The van der Waals surface area contributed by atoms with E-state index in [1.54, 1.807) is 0 Å². The lowest BCUT2D eigenvalue weighted by Gasteiger charge is -2.34. The summed E-state index contributed by atoms with van der Waals surface area (Å²) in [6.07, 6.45) is -4.55. The average molecular weight is 194 g/mol. The number of aliphatic hydroxyl groups excluding tert-OH is 5. The molecule has 78 valence electrons. The zero-order valence-electron chi connectivity index (χ0n) is 7.11. The Morgan fingerprint density at radius 2 is 1.85 bits per heavy atom. The highest BCUT2D eigenvalue weighted by atomic mass is 16.4. The summed E-state index contributed by atoms with van der Waals surface area (Å²) in [7, 11) is 0. The Kier molecular flexibility index (Phi) is 3.60. The Morgan fingerprint density at radius 1 is 1.23 bits per heavy atom. The highest BCUT2D eigenvalue weighted by molar-refractivity contribution is 4.86. The molecule has 0 saturated carbocycles. The van der Waals surface area contributed by atoms with Gasteiger partial charge >= 0.3 is 0 Å². The van der Waals surface area contributed by atoms with E-state index in [4.69, 9.17) is 10.2 Å². The van der Waals surface area contributed by atoms with Crippen molar-refractivity contribution < 1.29 is 30.8 Å². The monoisotopic (exact) mass is 194 g/mol. The molecule has 0 aromatic rings. The van der Waals surface area contributed by atoms with Crippen molar-refractivity contribution in [3.63, 3.8) is 0 Å². The van der Waals surface area contributed by atoms with E-state index in [9.17, 15) is 15.3 Å². The Bertz CT molecular complexity index is 167. The minimum Gasteiger partial charge on any atom is -0.393 e. The number of aliphatic hydroxyl groups is 5. The third-order valence-electron chi connectivity index (χ3n) is 2.42. The molecule has 13 heavy (non-hydrogen) atoms. The van der Waals surface area contributed by atoms with E-state index in [2.05, 4.69) is 0 Å². The van der Waals surface area contributed by atoms with Crippen LogP contribution in [0.25, 0.3) is 0 Å². The van der Waals surface area contributed by atoms with Crippen LogP contribution in [-0.4, -0.2) is 69.1 Å². The minimum atomic E-state index is -1.25. The molecule has 6 heteroatoms. The van der Waals surface area contributed by atoms with Gasteiger partial charge in [0, 0.05) is 0 Å². The van der Waals surface area contributed by atoms with Crippen LogP contribution in [0, 0.1) is 0 Å². The van der Waals surface area contributed by atoms with E-state index in [0.29, 0.717) is 0 Å². The minimum absolute atomic E-state index is 0.208. The number of nitrogens with two attached hydrogens (primary N) is 1. The predicted octanol–water partition coefficient (Wildman–Crippen LogP) is -4.63. The lowest BCUT2D eigenvalue weighted by Crippen LogP contribution is -3.00. The van der Waals surface area contributed by atoms with Crippen molar-refractivity contribution >= 4 is 0 Å². The average Bonchev–Trinajstić information content (AvgIpc) is 2.13. The molecule has 0 aliphatic carbocycles. The summed E-state index contributed by atoms with van der Waals surface area (Å²) in [5.41, 5.74) is 0. The van der Waals surface area contributed by atoms with Gasteiger partial charge in [-0.05, 0) is 0 Å². The first-order valence-electron chi connectivity index (χ1n) is 4.24. The van der Waals surface area contributed by atoms with E-state index in [-0.39, 0.29) is 6.54 Å². The third-order valence-corrected chi connectivity index (χ3v) is 2.42. The summed E-state index contributed by atoms with van der Waals surface area (Å²) >= 11 is 0. The molecule has 6 nitrogen and oxygen atoms in total. The quantitative estimate of drug-likeness (QED) is 0.264. The second-order valence-electron chi connectivity index (χ2n) is 3.35. The van der Waals surface area contributed by atoms with Gasteiger partial charge in [-0.1, -0.05) is 0 Å². The summed E-state index contributed by atoms with van der Waals surface area (Å²) in [5.74, 6) is 0. The number of piperidine rings is 1. The van der Waals surface area contributed by atoms with E-state index >= 15 is 0 Å². The Balaban J connectivity index is 2.58. The molecule has 1 saturated heterocycles. The number of hydrogen-bond donors (Lipinski definition) is 6. The Hall–Kier alpha value is -0.240. The molecule has 7 N–H and O–H groups in total. The van der Waals surface area contributed by atoms with Gasteiger partial charge in [-0.25, -0.2) is 0 Å². The molecule has 0 radical (unpaired) electrons. The van der Waals surface area contributed by atoms with Gasteiger partial charge in [-0.3, -0.25) is 0 Å². The summed E-state index contributed by atoms with van der Waals surface area (Å²) in [4.78, 5) is 0. The van der Waals surface area contributed by atoms with Crippen molar-refractivity contribution in [1.82, 2.24) is 0 Å². The zero-order chi connectivity index (χ0) is 10.0. The summed E-state index contributed by atoms with van der Waals surface area (Å²) in [5, 5.41) is 47.2. The normalized spacial score (nSPS) is 43.2. The van der Waals surface area contributed by atoms with Gasteiger partial charge in [0.15, 0.2) is 0 Å². The van der Waals surface area contributed by atoms with Crippen molar-refractivity contribution in [2.24, 2.45) is 0 Å². The van der Waals surface area contributed by atoms with Gasteiger partial charge < -0.3 is 30.8 Å². The molecule has 0 unspecified atom stereocenters. The highest BCUT2D eigenvalue weighted by Gasteiger charge is 2.42. The number of rotatable bonds is 2. The molecule has 0 spiro atoms. The molecule has 5 atom stereocenters. The molecule has 1 fully saturated rings. The van der Waals surface area contributed by atoms with Crippen molar-refractivity contribution in [3.8, 4) is 0 Å². The number of quaternary nitrogens is 1. The van der Waals surface area contributed by atoms with Crippen molar-refractivity contribution in [1.29, 1.82) is 0 Å². The summed E-state index contributed by atoms with van der Waals surface area (Å²) in [6, 6.07) is -0.677. The fourth-order valence-corrected chi connectivity index (χ4v) is 1.54. The van der Waals surface area contributed by atoms with E-state index in [1.165, 1.54) is 5.32 Å². The second-order valence-corrected chi connectivity index (χ2v) is 3.35. The van der Waals surface area contributed by atoms with E-state index < -0.39 is 37.1 Å². The van der Waals surface area contributed by atoms with Crippen LogP contribution in [0.1, 0.15) is 0 Å². The molecular formula is C7H16NO5+. The van der Waals surface area contributed by atoms with E-state index in [1.807, 2.05) is 0 Å². The first-order valence-corrected chi connectivity index (χ1v) is 4.24. The first kappa shape index (κ1) is 10.8. The standard InChI is InChI=1S/C7H15NO5/c9-2-4(11)5-7(13)6(12)3(10)1-8-5/h3-13H,1-2H2/p+1/t3-,4+,5+,6-,7+/m0/s1. The molecule has 0 aromatic heterocycles. The SMILES string of the molecule is OC[C@@H](O)[C@H]1[NH2+]C[C@H](O)[C@H](O)[C@@H]1O. The summed E-state index contributed by atoms with van der Waals surface area (Å²) < 4.78 is 0. The van der Waals surface area contributed by atoms with Crippen LogP contribution in [0.5, 0.6) is 0 Å². The molecule has 1 rings (SSSR count). The van der Waals surface area contributed by atoms with Gasteiger partial charge in [0.25, 0.3) is 0 Å². The second kappa shape index (κ2) is 4.32. The van der Waals surface area contributed by atoms with Crippen molar-refractivity contribution in [3.05, 3.63) is 0 Å². The molecule has 0 amide bonds. The highest BCUT2D eigenvalue weighted by Crippen LogP contribution is 2.08. The largest absolute Gasteiger partial charge is 0.393 e. The maximum Gasteiger partial charge on any atom is 0.143 e. The molecule has 1 aliphatic heterocycles. The van der Waals surface area contributed by atoms with Crippen LogP contribution in [0.2, 0.25) is 0 Å². The third kappa shape index (κ3) is 2.16. The first-order chi connectivity index (χ1) is 6.07. The predicted molar refractivity (Wildman–Crippen MR) is 41.7 cm³/mol. The molecular weight excluding hydrogens is 178 g/mol. The van der Waals surface area contributed by atoms with E-state index in [0.717, 1.165) is 0 Å². The number of hydrogen-bond acceptors (Lipinski definition) is 5. The zero-order valence-corrected chi connectivity index (χ0v) is 7.11. The van der Waals surface area contributed by atoms with Gasteiger partial charge in [-0.2, -0.15) is 0 Å². The summed E-state index contributed by atoms with van der Waals surface area (Å²) in [6.45, 7) is -0.263. The van der Waals surface area contributed by atoms with Gasteiger partial charge in [0.05, 0.1) is 6.61 Å². The molecule has 0 bridgehead atoms. The van der Waals surface area contributed by atoms with Gasteiger partial charge in [-0.15, -0.1) is 0 Å². The molecule has 0 aromatic carbocycles. The van der Waals surface area contributed by atoms with Crippen LogP contribution >= 0.6 is 0 Å². The van der Waals surface area contributed by atoms with Crippen LogP contribution in [-0.2, 0) is 0 Å².